The van der Waals surface area contributed by atoms with Crippen LogP contribution in [0.5, 0.6) is 0 Å². The maximum absolute atomic E-state index is 12.0. The van der Waals surface area contributed by atoms with Gasteiger partial charge in [0.25, 0.3) is 0 Å². The van der Waals surface area contributed by atoms with Crippen molar-refractivity contribution in [3.8, 4) is 0 Å². The molecule has 0 amide bonds. The molecule has 4 rings (SSSR count). The van der Waals surface area contributed by atoms with Crippen LogP contribution < -0.4 is 0 Å². The molecule has 3 heteroatoms. The summed E-state index contributed by atoms with van der Waals surface area (Å²) in [6.07, 6.45) is 9.85. The van der Waals surface area contributed by atoms with E-state index in [9.17, 15) is 9.90 Å². The number of aliphatic hydroxyl groups is 1. The predicted molar refractivity (Wildman–Crippen MR) is 88.6 cm³/mol. The van der Waals surface area contributed by atoms with Crippen LogP contribution in [0, 0.1) is 28.6 Å². The molecule has 0 radical (unpaired) electrons. The van der Waals surface area contributed by atoms with Crippen molar-refractivity contribution in [2.75, 3.05) is 7.11 Å². The second-order valence-electron chi connectivity index (χ2n) is 8.60. The Hall–Kier alpha value is -1.09. The van der Waals surface area contributed by atoms with Gasteiger partial charge in [-0.3, -0.25) is 4.79 Å². The zero-order valence-corrected chi connectivity index (χ0v) is 14.5. The van der Waals surface area contributed by atoms with E-state index in [2.05, 4.69) is 19.9 Å². The van der Waals surface area contributed by atoms with E-state index < -0.39 is 0 Å². The minimum absolute atomic E-state index is 0.0491. The van der Waals surface area contributed by atoms with Crippen molar-refractivity contribution in [1.29, 1.82) is 0 Å². The second kappa shape index (κ2) is 4.95. The van der Waals surface area contributed by atoms with E-state index in [1.807, 2.05) is 6.08 Å². The fraction of sp³-hybridized carbons (Fsp3) is 0.750. The maximum atomic E-state index is 12.0. The van der Waals surface area contributed by atoms with Gasteiger partial charge in [-0.1, -0.05) is 13.8 Å². The summed E-state index contributed by atoms with van der Waals surface area (Å²) in [7, 11) is 1.72. The number of hydrogen-bond donors (Lipinski definition) is 1. The quantitative estimate of drug-likeness (QED) is 0.803. The summed E-state index contributed by atoms with van der Waals surface area (Å²) >= 11 is 0. The van der Waals surface area contributed by atoms with Gasteiger partial charge in [-0.15, -0.1) is 0 Å². The van der Waals surface area contributed by atoms with Crippen LogP contribution >= 0.6 is 0 Å². The van der Waals surface area contributed by atoms with Gasteiger partial charge in [-0.25, -0.2) is 0 Å². The van der Waals surface area contributed by atoms with Crippen molar-refractivity contribution in [3.05, 3.63) is 23.5 Å². The Bertz CT molecular complexity index is 604. The van der Waals surface area contributed by atoms with Crippen LogP contribution in [0.4, 0.5) is 0 Å². The Kier molecular flexibility index (Phi) is 3.32. The summed E-state index contributed by atoms with van der Waals surface area (Å²) in [5.41, 5.74) is 1.23. The number of ether oxygens (including phenoxy) is 1. The van der Waals surface area contributed by atoms with Gasteiger partial charge in [0, 0.05) is 17.4 Å². The molecular weight excluding hydrogens is 288 g/mol. The summed E-state index contributed by atoms with van der Waals surface area (Å²) < 4.78 is 5.71. The van der Waals surface area contributed by atoms with Crippen LogP contribution in [0.3, 0.4) is 0 Å². The molecule has 0 heterocycles. The van der Waals surface area contributed by atoms with Crippen LogP contribution in [0.1, 0.15) is 52.4 Å². The SMILES string of the molecule is COC1=C[C@@H]2[C@H](CC[C@]3(C)C(O)CC[C@@H]23)[C@@]2(C)CCC(=O)C=C12. The molecule has 0 saturated heterocycles. The third-order valence-electron chi connectivity index (χ3n) is 7.74. The van der Waals surface area contributed by atoms with Crippen molar-refractivity contribution >= 4 is 5.78 Å². The van der Waals surface area contributed by atoms with Crippen LogP contribution in [-0.2, 0) is 9.53 Å². The summed E-state index contributed by atoms with van der Waals surface area (Å²) in [4.78, 5) is 12.0. The molecule has 0 aliphatic heterocycles. The Labute approximate surface area is 138 Å². The zero-order valence-electron chi connectivity index (χ0n) is 14.5. The van der Waals surface area contributed by atoms with Crippen LogP contribution in [-0.4, -0.2) is 24.1 Å². The lowest BCUT2D eigenvalue weighted by molar-refractivity contribution is -0.117. The van der Waals surface area contributed by atoms with Gasteiger partial charge in [0.1, 0.15) is 5.76 Å². The average Bonchev–Trinajstić information content (AvgIpc) is 2.83. The van der Waals surface area contributed by atoms with Gasteiger partial charge >= 0.3 is 0 Å². The smallest absolute Gasteiger partial charge is 0.156 e. The molecule has 4 aliphatic carbocycles. The molecule has 1 unspecified atom stereocenters. The number of hydrogen-bond acceptors (Lipinski definition) is 3. The van der Waals surface area contributed by atoms with E-state index in [0.29, 0.717) is 24.2 Å². The number of ketones is 1. The summed E-state index contributed by atoms with van der Waals surface area (Å²) in [6.45, 7) is 4.62. The largest absolute Gasteiger partial charge is 0.497 e. The number of carbonyl (C=O) groups excluding carboxylic acids is 1. The molecule has 0 spiro atoms. The molecular formula is C20H28O3. The lowest BCUT2D eigenvalue weighted by Gasteiger charge is -2.56. The third kappa shape index (κ3) is 1.95. The summed E-state index contributed by atoms with van der Waals surface area (Å²) in [5.74, 6) is 2.72. The molecule has 0 aromatic carbocycles. The molecule has 3 nitrogen and oxygen atoms in total. The Morgan fingerprint density at radius 3 is 2.70 bits per heavy atom. The number of aliphatic hydroxyl groups excluding tert-OH is 1. The van der Waals surface area contributed by atoms with E-state index in [1.165, 1.54) is 0 Å². The molecule has 0 aromatic rings. The first-order valence-electron chi connectivity index (χ1n) is 9.09. The molecule has 1 N–H and O–H groups in total. The minimum Gasteiger partial charge on any atom is -0.497 e. The normalized spacial score (nSPS) is 48.8. The van der Waals surface area contributed by atoms with Gasteiger partial charge in [0.2, 0.25) is 0 Å². The first-order chi connectivity index (χ1) is 10.9. The standard InChI is InChI=1S/C20H28O3/c1-19-8-6-12(21)10-16(19)17(23-3)11-13-14-4-5-18(22)20(14,2)9-7-15(13)19/h10-11,13-15,18,22H,4-9H2,1-3H3/t13-,14-,15-,18?,19+,20-/m0/s1. The monoisotopic (exact) mass is 316 g/mol. The molecule has 2 saturated carbocycles. The predicted octanol–water partition coefficient (Wildman–Crippen LogP) is 3.63. The summed E-state index contributed by atoms with van der Waals surface area (Å²) in [5, 5.41) is 10.5. The maximum Gasteiger partial charge on any atom is 0.156 e. The number of allylic oxidation sites excluding steroid dienone is 3. The Morgan fingerprint density at radius 2 is 1.96 bits per heavy atom. The van der Waals surface area contributed by atoms with Crippen molar-refractivity contribution < 1.29 is 14.6 Å². The molecule has 4 aliphatic rings. The first-order valence-corrected chi connectivity index (χ1v) is 9.09. The fourth-order valence-electron chi connectivity index (χ4n) is 6.24. The second-order valence-corrected chi connectivity index (χ2v) is 8.60. The molecule has 0 bridgehead atoms. The minimum atomic E-state index is -0.162. The highest BCUT2D eigenvalue weighted by Gasteiger charge is 2.59. The highest BCUT2D eigenvalue weighted by molar-refractivity contribution is 5.92. The van der Waals surface area contributed by atoms with Gasteiger partial charge in [-0.05, 0) is 67.4 Å². The molecule has 6 atom stereocenters. The van der Waals surface area contributed by atoms with Crippen LogP contribution in [0.25, 0.3) is 0 Å². The van der Waals surface area contributed by atoms with Gasteiger partial charge in [-0.2, -0.15) is 0 Å². The molecule has 126 valence electrons. The Balaban J connectivity index is 1.82. The van der Waals surface area contributed by atoms with E-state index in [-0.39, 0.29) is 22.7 Å². The van der Waals surface area contributed by atoms with Crippen LogP contribution in [0.15, 0.2) is 23.5 Å². The van der Waals surface area contributed by atoms with Gasteiger partial charge < -0.3 is 9.84 Å². The lowest BCUT2D eigenvalue weighted by Crippen LogP contribution is -2.50. The topological polar surface area (TPSA) is 46.5 Å². The number of methoxy groups -OCH3 is 1. The third-order valence-corrected chi connectivity index (χ3v) is 7.74. The average molecular weight is 316 g/mol. The number of carbonyl (C=O) groups is 1. The van der Waals surface area contributed by atoms with E-state index in [4.69, 9.17) is 4.74 Å². The zero-order chi connectivity index (χ0) is 16.4. The fourth-order valence-corrected chi connectivity index (χ4v) is 6.24. The van der Waals surface area contributed by atoms with Gasteiger partial charge in [0.15, 0.2) is 5.78 Å². The van der Waals surface area contributed by atoms with Crippen molar-refractivity contribution in [2.45, 2.75) is 58.5 Å². The van der Waals surface area contributed by atoms with Crippen molar-refractivity contribution in [2.24, 2.45) is 28.6 Å². The van der Waals surface area contributed by atoms with E-state index >= 15 is 0 Å². The van der Waals surface area contributed by atoms with E-state index in [0.717, 1.165) is 43.4 Å². The first kappa shape index (κ1) is 15.4. The number of fused-ring (bicyclic) bond motifs is 5. The van der Waals surface area contributed by atoms with Gasteiger partial charge in [0.05, 0.1) is 13.2 Å². The molecule has 0 aromatic heterocycles. The number of rotatable bonds is 1. The van der Waals surface area contributed by atoms with Crippen LogP contribution in [0.2, 0.25) is 0 Å². The van der Waals surface area contributed by atoms with Crippen molar-refractivity contribution in [3.63, 3.8) is 0 Å². The summed E-state index contributed by atoms with van der Waals surface area (Å²) in [6, 6.07) is 0. The Morgan fingerprint density at radius 1 is 1.17 bits per heavy atom. The van der Waals surface area contributed by atoms with Crippen molar-refractivity contribution in [1.82, 2.24) is 0 Å². The highest BCUT2D eigenvalue weighted by atomic mass is 16.5. The van der Waals surface area contributed by atoms with E-state index in [1.54, 1.807) is 7.11 Å². The lowest BCUT2D eigenvalue weighted by atomic mass is 9.49. The molecule has 23 heavy (non-hydrogen) atoms. The molecule has 2 fully saturated rings. The highest BCUT2D eigenvalue weighted by Crippen LogP contribution is 2.64.